The van der Waals surface area contributed by atoms with E-state index in [0.29, 0.717) is 17.0 Å². The fourth-order valence-electron chi connectivity index (χ4n) is 2.54. The van der Waals surface area contributed by atoms with E-state index >= 15 is 0 Å². The van der Waals surface area contributed by atoms with Gasteiger partial charge in [0.15, 0.2) is 11.0 Å². The average molecular weight is 388 g/mol. The first-order valence-electron chi connectivity index (χ1n) is 8.43. The molecule has 0 fully saturated rings. The number of phenols is 1. The minimum Gasteiger partial charge on any atom is -0.507 e. The molecule has 3 rings (SSSR count). The summed E-state index contributed by atoms with van der Waals surface area (Å²) in [5.41, 5.74) is 0.317. The van der Waals surface area contributed by atoms with Crippen LogP contribution in [0.5, 0.6) is 5.75 Å². The van der Waals surface area contributed by atoms with Crippen LogP contribution in [0.2, 0.25) is 5.02 Å². The number of carbonyl (C=O) groups is 1. The Bertz CT molecular complexity index is 1060. The SMILES string of the molecule is CCC(C)OC(=O)Nc1ccc(O)c2c(=O)cc(-c3ccccc3Cl)oc12. The van der Waals surface area contributed by atoms with Gasteiger partial charge in [-0.15, -0.1) is 0 Å². The van der Waals surface area contributed by atoms with Gasteiger partial charge < -0.3 is 14.3 Å². The van der Waals surface area contributed by atoms with E-state index in [1.165, 1.54) is 18.2 Å². The number of nitrogens with one attached hydrogen (secondary N) is 1. The molecule has 1 aromatic heterocycles. The third-order valence-electron chi connectivity index (χ3n) is 4.12. The molecule has 6 nitrogen and oxygen atoms in total. The Hall–Kier alpha value is -2.99. The predicted molar refractivity (Wildman–Crippen MR) is 104 cm³/mol. The number of halogens is 1. The van der Waals surface area contributed by atoms with Gasteiger partial charge in [-0.2, -0.15) is 0 Å². The van der Waals surface area contributed by atoms with Crippen LogP contribution in [-0.2, 0) is 4.74 Å². The Labute approximate surface area is 160 Å². The molecule has 1 atom stereocenters. The molecule has 0 aliphatic rings. The largest absolute Gasteiger partial charge is 0.507 e. The van der Waals surface area contributed by atoms with Gasteiger partial charge >= 0.3 is 6.09 Å². The summed E-state index contributed by atoms with van der Waals surface area (Å²) in [6.07, 6.45) is -0.281. The topological polar surface area (TPSA) is 88.8 Å². The van der Waals surface area contributed by atoms with Crippen molar-refractivity contribution in [2.45, 2.75) is 26.4 Å². The van der Waals surface area contributed by atoms with Gasteiger partial charge in [0.25, 0.3) is 0 Å². The summed E-state index contributed by atoms with van der Waals surface area (Å²) in [6, 6.07) is 10.9. The van der Waals surface area contributed by atoms with E-state index in [1.54, 1.807) is 31.2 Å². The molecule has 0 saturated carbocycles. The van der Waals surface area contributed by atoms with Gasteiger partial charge in [-0.25, -0.2) is 4.79 Å². The molecule has 0 spiro atoms. The molecule has 0 aliphatic carbocycles. The maximum absolute atomic E-state index is 12.6. The minimum atomic E-state index is -0.679. The van der Waals surface area contributed by atoms with Crippen molar-refractivity contribution in [2.75, 3.05) is 5.32 Å². The molecule has 1 heterocycles. The van der Waals surface area contributed by atoms with Crippen LogP contribution in [0.1, 0.15) is 20.3 Å². The van der Waals surface area contributed by atoms with Gasteiger partial charge in [0.1, 0.15) is 23.0 Å². The molecule has 7 heteroatoms. The quantitative estimate of drug-likeness (QED) is 0.603. The second kappa shape index (κ2) is 7.72. The third kappa shape index (κ3) is 3.90. The summed E-state index contributed by atoms with van der Waals surface area (Å²) >= 11 is 6.19. The Morgan fingerprint density at radius 3 is 2.74 bits per heavy atom. The lowest BCUT2D eigenvalue weighted by molar-refractivity contribution is 0.118. The molecular weight excluding hydrogens is 370 g/mol. The van der Waals surface area contributed by atoms with Crippen LogP contribution in [0.15, 0.2) is 51.7 Å². The zero-order chi connectivity index (χ0) is 19.6. The number of ether oxygens (including phenoxy) is 1. The van der Waals surface area contributed by atoms with Crippen LogP contribution in [0.3, 0.4) is 0 Å². The number of hydrogen-bond donors (Lipinski definition) is 2. The highest BCUT2D eigenvalue weighted by Crippen LogP contribution is 2.34. The number of phenolic OH excluding ortho intramolecular Hbond substituents is 1. The molecule has 1 amide bonds. The number of fused-ring (bicyclic) bond motifs is 1. The summed E-state index contributed by atoms with van der Waals surface area (Å²) in [5, 5.41) is 13.0. The molecule has 3 aromatic rings. The Balaban J connectivity index is 2.13. The van der Waals surface area contributed by atoms with Crippen molar-refractivity contribution in [3.8, 4) is 17.1 Å². The zero-order valence-electron chi connectivity index (χ0n) is 14.8. The second-order valence-electron chi connectivity index (χ2n) is 6.04. The fraction of sp³-hybridized carbons (Fsp3) is 0.200. The summed E-state index contributed by atoms with van der Waals surface area (Å²) in [6.45, 7) is 3.66. The van der Waals surface area contributed by atoms with Crippen molar-refractivity contribution in [1.29, 1.82) is 0 Å². The molecule has 0 bridgehead atoms. The highest BCUT2D eigenvalue weighted by atomic mass is 35.5. The van der Waals surface area contributed by atoms with Crippen LogP contribution >= 0.6 is 11.6 Å². The first-order chi connectivity index (χ1) is 12.9. The first kappa shape index (κ1) is 18.8. The molecule has 1 unspecified atom stereocenters. The van der Waals surface area contributed by atoms with E-state index in [0.717, 1.165) is 0 Å². The smallest absolute Gasteiger partial charge is 0.412 e. The molecule has 27 heavy (non-hydrogen) atoms. The Kier molecular flexibility index (Phi) is 5.37. The maximum Gasteiger partial charge on any atom is 0.412 e. The van der Waals surface area contributed by atoms with E-state index in [4.69, 9.17) is 20.8 Å². The van der Waals surface area contributed by atoms with Gasteiger partial charge in [0.05, 0.1) is 10.7 Å². The normalized spacial score (nSPS) is 12.0. The standard InChI is InChI=1S/C20H18ClNO5/c1-3-11(2)26-20(25)22-14-8-9-15(23)18-16(24)10-17(27-19(14)18)12-6-4-5-7-13(12)21/h4-11,23H,3H2,1-2H3,(H,22,25). The number of rotatable bonds is 4. The number of carbonyl (C=O) groups excluding carboxylic acids is 1. The molecule has 0 radical (unpaired) electrons. The number of amides is 1. The van der Waals surface area contributed by atoms with Crippen LogP contribution in [0.4, 0.5) is 10.5 Å². The first-order valence-corrected chi connectivity index (χ1v) is 8.80. The lowest BCUT2D eigenvalue weighted by Crippen LogP contribution is -2.20. The Morgan fingerprint density at radius 2 is 2.04 bits per heavy atom. The van der Waals surface area contributed by atoms with Gasteiger partial charge in [-0.1, -0.05) is 30.7 Å². The van der Waals surface area contributed by atoms with Gasteiger partial charge in [0, 0.05) is 11.6 Å². The lowest BCUT2D eigenvalue weighted by Gasteiger charge is -2.13. The van der Waals surface area contributed by atoms with Gasteiger partial charge in [-0.05, 0) is 37.6 Å². The van der Waals surface area contributed by atoms with Crippen molar-refractivity contribution in [1.82, 2.24) is 0 Å². The average Bonchev–Trinajstić information content (AvgIpc) is 2.63. The molecule has 0 aliphatic heterocycles. The van der Waals surface area contributed by atoms with E-state index < -0.39 is 11.5 Å². The third-order valence-corrected chi connectivity index (χ3v) is 4.45. The highest BCUT2D eigenvalue weighted by molar-refractivity contribution is 6.33. The number of anilines is 1. The van der Waals surface area contributed by atoms with E-state index in [1.807, 2.05) is 6.92 Å². The van der Waals surface area contributed by atoms with Crippen molar-refractivity contribution in [3.05, 3.63) is 57.7 Å². The van der Waals surface area contributed by atoms with Crippen LogP contribution in [-0.4, -0.2) is 17.3 Å². The second-order valence-corrected chi connectivity index (χ2v) is 6.45. The Morgan fingerprint density at radius 1 is 1.30 bits per heavy atom. The van der Waals surface area contributed by atoms with Gasteiger partial charge in [0.2, 0.25) is 0 Å². The molecule has 0 saturated heterocycles. The number of aromatic hydroxyl groups is 1. The number of benzene rings is 2. The maximum atomic E-state index is 12.6. The lowest BCUT2D eigenvalue weighted by atomic mass is 10.1. The summed E-state index contributed by atoms with van der Waals surface area (Å²) in [5.74, 6) is -0.0210. The summed E-state index contributed by atoms with van der Waals surface area (Å²) < 4.78 is 11.0. The fourth-order valence-corrected chi connectivity index (χ4v) is 2.77. The van der Waals surface area contributed by atoms with Crippen molar-refractivity contribution < 1.29 is 19.1 Å². The predicted octanol–water partition coefficient (Wildman–Crippen LogP) is 5.17. The minimum absolute atomic E-state index is 0.0351. The van der Waals surface area contributed by atoms with Crippen molar-refractivity contribution in [3.63, 3.8) is 0 Å². The van der Waals surface area contributed by atoms with E-state index in [2.05, 4.69) is 5.32 Å². The van der Waals surface area contributed by atoms with Crippen molar-refractivity contribution >= 4 is 34.4 Å². The molecule has 140 valence electrons. The van der Waals surface area contributed by atoms with Gasteiger partial charge in [-0.3, -0.25) is 10.1 Å². The molecule has 2 aromatic carbocycles. The van der Waals surface area contributed by atoms with Crippen molar-refractivity contribution in [2.24, 2.45) is 0 Å². The highest BCUT2D eigenvalue weighted by Gasteiger charge is 2.17. The number of hydrogen-bond acceptors (Lipinski definition) is 5. The summed E-state index contributed by atoms with van der Waals surface area (Å²) in [4.78, 5) is 24.6. The molecular formula is C20H18ClNO5. The summed E-state index contributed by atoms with van der Waals surface area (Å²) in [7, 11) is 0. The monoisotopic (exact) mass is 387 g/mol. The van der Waals surface area contributed by atoms with Crippen LogP contribution in [0.25, 0.3) is 22.3 Å². The van der Waals surface area contributed by atoms with Crippen LogP contribution < -0.4 is 10.7 Å². The van der Waals surface area contributed by atoms with E-state index in [9.17, 15) is 14.7 Å². The molecule has 2 N–H and O–H groups in total. The zero-order valence-corrected chi connectivity index (χ0v) is 15.5. The van der Waals surface area contributed by atoms with E-state index in [-0.39, 0.29) is 34.3 Å². The van der Waals surface area contributed by atoms with Crippen LogP contribution in [0, 0.1) is 0 Å².